The molecule has 1 N–H and O–H groups in total. The summed E-state index contributed by atoms with van der Waals surface area (Å²) >= 11 is 0. The molecule has 1 aliphatic carbocycles. The number of para-hydroxylation sites is 2. The molecule has 0 radical (unpaired) electrons. The molecular weight excluding hydrogens is 316 g/mol. The first-order valence-electron chi connectivity index (χ1n) is 8.82. The van der Waals surface area contributed by atoms with Gasteiger partial charge in [0.2, 0.25) is 11.8 Å². The van der Waals surface area contributed by atoms with Gasteiger partial charge >= 0.3 is 0 Å². The lowest BCUT2D eigenvalue weighted by Gasteiger charge is -2.24. The molecule has 6 heteroatoms. The van der Waals surface area contributed by atoms with E-state index in [0.29, 0.717) is 17.6 Å². The first-order valence-corrected chi connectivity index (χ1v) is 8.82. The second-order valence-electron chi connectivity index (χ2n) is 6.24. The van der Waals surface area contributed by atoms with Crippen molar-refractivity contribution in [3.63, 3.8) is 0 Å². The second-order valence-corrected chi connectivity index (χ2v) is 6.24. The van der Waals surface area contributed by atoms with Gasteiger partial charge in [-0.15, -0.1) is 0 Å². The summed E-state index contributed by atoms with van der Waals surface area (Å²) < 4.78 is 5.56. The smallest absolute Gasteiger partial charge is 0.243 e. The van der Waals surface area contributed by atoms with E-state index in [4.69, 9.17) is 4.74 Å². The number of carbonyl (C=O) groups is 1. The van der Waals surface area contributed by atoms with Crippen LogP contribution in [0.4, 0.5) is 0 Å². The molecule has 1 saturated carbocycles. The zero-order valence-electron chi connectivity index (χ0n) is 14.4. The number of nitrogens with one attached hydrogen (secondary N) is 1. The van der Waals surface area contributed by atoms with E-state index in [1.807, 2.05) is 31.2 Å². The molecule has 1 aromatic heterocycles. The summed E-state index contributed by atoms with van der Waals surface area (Å²) in [5.41, 5.74) is 1.61. The number of ether oxygens (including phenoxy) is 1. The largest absolute Gasteiger partial charge is 0.477 e. The van der Waals surface area contributed by atoms with Gasteiger partial charge in [0.1, 0.15) is 5.69 Å². The Balaban J connectivity index is 1.91. The fourth-order valence-electron chi connectivity index (χ4n) is 3.20. The van der Waals surface area contributed by atoms with Gasteiger partial charge in [0.05, 0.1) is 23.7 Å². The first kappa shape index (κ1) is 17.2. The average Bonchev–Trinajstić information content (AvgIpc) is 2.63. The number of rotatable bonds is 5. The van der Waals surface area contributed by atoms with E-state index in [0.717, 1.165) is 25.7 Å². The fourth-order valence-corrected chi connectivity index (χ4v) is 3.20. The maximum absolute atomic E-state index is 12.7. The number of nitrogens with zero attached hydrogens (tertiary/aromatic N) is 3. The summed E-state index contributed by atoms with van der Waals surface area (Å²) in [5, 5.41) is 12.6. The number of hydrogen-bond donors (Lipinski definition) is 1. The Morgan fingerprint density at radius 1 is 1.28 bits per heavy atom. The van der Waals surface area contributed by atoms with Crippen LogP contribution in [0.3, 0.4) is 0 Å². The van der Waals surface area contributed by atoms with Crippen LogP contribution in [0.1, 0.15) is 50.6 Å². The molecule has 2 aromatic rings. The Morgan fingerprint density at radius 3 is 2.60 bits per heavy atom. The van der Waals surface area contributed by atoms with Gasteiger partial charge in [0, 0.05) is 6.04 Å². The lowest BCUT2D eigenvalue weighted by molar-refractivity contribution is -0.122. The van der Waals surface area contributed by atoms with Gasteiger partial charge in [-0.1, -0.05) is 31.4 Å². The third-order valence-electron chi connectivity index (χ3n) is 4.46. The predicted octanol–water partition coefficient (Wildman–Crippen LogP) is 3.08. The number of hydrogen-bond acceptors (Lipinski definition) is 5. The highest BCUT2D eigenvalue weighted by molar-refractivity contribution is 5.87. The monoisotopic (exact) mass is 338 g/mol. The maximum Gasteiger partial charge on any atom is 0.243 e. The van der Waals surface area contributed by atoms with Gasteiger partial charge < -0.3 is 10.1 Å². The van der Waals surface area contributed by atoms with E-state index >= 15 is 0 Å². The van der Waals surface area contributed by atoms with Gasteiger partial charge in [-0.25, -0.2) is 9.97 Å². The molecule has 6 nitrogen and oxygen atoms in total. The lowest BCUT2D eigenvalue weighted by Crippen LogP contribution is -2.39. The van der Waals surface area contributed by atoms with Crippen LogP contribution >= 0.6 is 0 Å². The molecule has 1 aromatic carbocycles. The molecule has 25 heavy (non-hydrogen) atoms. The van der Waals surface area contributed by atoms with Crippen molar-refractivity contribution in [3.05, 3.63) is 30.0 Å². The van der Waals surface area contributed by atoms with Crippen LogP contribution in [0, 0.1) is 11.3 Å². The molecule has 0 spiro atoms. The summed E-state index contributed by atoms with van der Waals surface area (Å²) in [5.74, 6) is -1.09. The quantitative estimate of drug-likeness (QED) is 0.905. The molecule has 3 rings (SSSR count). The Hall–Kier alpha value is -2.68. The van der Waals surface area contributed by atoms with E-state index in [1.54, 1.807) is 0 Å². The Bertz CT molecular complexity index is 794. The summed E-state index contributed by atoms with van der Waals surface area (Å²) in [6.07, 6.45) is 5.36. The molecule has 130 valence electrons. The third-order valence-corrected chi connectivity index (χ3v) is 4.46. The highest BCUT2D eigenvalue weighted by Gasteiger charge is 2.29. The van der Waals surface area contributed by atoms with Crippen molar-refractivity contribution < 1.29 is 9.53 Å². The first-order chi connectivity index (χ1) is 12.2. The maximum atomic E-state index is 12.7. The molecule has 0 saturated heterocycles. The van der Waals surface area contributed by atoms with Gasteiger partial charge in [-0.2, -0.15) is 5.26 Å². The minimum atomic E-state index is -1.03. The van der Waals surface area contributed by atoms with Crippen LogP contribution < -0.4 is 10.1 Å². The number of fused-ring (bicyclic) bond motifs is 1. The molecule has 1 atom stereocenters. The fraction of sp³-hybridized carbons (Fsp3) is 0.474. The van der Waals surface area contributed by atoms with E-state index in [2.05, 4.69) is 21.4 Å². The normalized spacial score (nSPS) is 16.2. The Morgan fingerprint density at radius 2 is 1.96 bits per heavy atom. The number of amides is 1. The molecule has 0 bridgehead atoms. The predicted molar refractivity (Wildman–Crippen MR) is 94.1 cm³/mol. The Labute approximate surface area is 147 Å². The molecular formula is C19H22N4O2. The summed E-state index contributed by atoms with van der Waals surface area (Å²) in [6, 6.07) is 9.58. The van der Waals surface area contributed by atoms with Gasteiger partial charge in [0.25, 0.3) is 0 Å². The van der Waals surface area contributed by atoms with Crippen molar-refractivity contribution in [2.24, 2.45) is 0 Å². The summed E-state index contributed by atoms with van der Waals surface area (Å²) in [4.78, 5) is 21.6. The van der Waals surface area contributed by atoms with E-state index in [1.165, 1.54) is 6.42 Å². The van der Waals surface area contributed by atoms with E-state index < -0.39 is 5.92 Å². The van der Waals surface area contributed by atoms with Crippen molar-refractivity contribution in [2.45, 2.75) is 51.0 Å². The molecule has 0 aliphatic heterocycles. The standard InChI is InChI=1S/C19H22N4O2/c1-2-25-19-17(22-15-10-6-7-11-16(15)23-19)14(12-20)18(24)21-13-8-4-3-5-9-13/h6-7,10-11,13-14H,2-5,8-9H2,1H3,(H,21,24). The minimum absolute atomic E-state index is 0.140. The van der Waals surface area contributed by atoms with E-state index in [-0.39, 0.29) is 23.5 Å². The highest BCUT2D eigenvalue weighted by atomic mass is 16.5. The van der Waals surface area contributed by atoms with Gasteiger partial charge in [0.15, 0.2) is 5.92 Å². The highest BCUT2D eigenvalue weighted by Crippen LogP contribution is 2.27. The molecule has 1 heterocycles. The van der Waals surface area contributed by atoms with Crippen LogP contribution in [-0.2, 0) is 4.79 Å². The zero-order chi connectivity index (χ0) is 17.6. The minimum Gasteiger partial charge on any atom is -0.477 e. The third kappa shape index (κ3) is 3.87. The molecule has 1 aliphatic rings. The van der Waals surface area contributed by atoms with Crippen LogP contribution in [-0.4, -0.2) is 28.5 Å². The Kier molecular flexibility index (Phi) is 5.44. The van der Waals surface area contributed by atoms with Crippen molar-refractivity contribution in [3.8, 4) is 11.9 Å². The lowest BCUT2D eigenvalue weighted by atomic mass is 9.94. The van der Waals surface area contributed by atoms with Crippen LogP contribution in [0.25, 0.3) is 11.0 Å². The molecule has 1 amide bonds. The molecule has 1 fully saturated rings. The van der Waals surface area contributed by atoms with Crippen LogP contribution in [0.2, 0.25) is 0 Å². The van der Waals surface area contributed by atoms with Crippen LogP contribution in [0.15, 0.2) is 24.3 Å². The van der Waals surface area contributed by atoms with Gasteiger partial charge in [-0.3, -0.25) is 4.79 Å². The number of aromatic nitrogens is 2. The number of carbonyl (C=O) groups excluding carboxylic acids is 1. The average molecular weight is 338 g/mol. The van der Waals surface area contributed by atoms with Crippen LogP contribution in [0.5, 0.6) is 5.88 Å². The van der Waals surface area contributed by atoms with E-state index in [9.17, 15) is 10.1 Å². The SMILES string of the molecule is CCOc1nc2ccccc2nc1C(C#N)C(=O)NC1CCCCC1. The summed E-state index contributed by atoms with van der Waals surface area (Å²) in [7, 11) is 0. The number of nitriles is 1. The number of benzene rings is 1. The van der Waals surface area contributed by atoms with Crippen molar-refractivity contribution in [1.29, 1.82) is 5.26 Å². The topological polar surface area (TPSA) is 87.9 Å². The van der Waals surface area contributed by atoms with Crippen molar-refractivity contribution in [1.82, 2.24) is 15.3 Å². The van der Waals surface area contributed by atoms with Crippen molar-refractivity contribution >= 4 is 16.9 Å². The molecule has 1 unspecified atom stereocenters. The summed E-state index contributed by atoms with van der Waals surface area (Å²) in [6.45, 7) is 2.23. The van der Waals surface area contributed by atoms with Crippen molar-refractivity contribution in [2.75, 3.05) is 6.61 Å². The zero-order valence-corrected chi connectivity index (χ0v) is 14.4. The second kappa shape index (κ2) is 7.93. The van der Waals surface area contributed by atoms with Gasteiger partial charge in [-0.05, 0) is 31.9 Å².